The van der Waals surface area contributed by atoms with E-state index in [-0.39, 0.29) is 30.2 Å². The second kappa shape index (κ2) is 9.71. The average molecular weight is 372 g/mol. The number of benzene rings is 2. The van der Waals surface area contributed by atoms with E-state index in [9.17, 15) is 14.0 Å². The normalized spacial score (nSPS) is 11.7. The molecule has 0 fully saturated rings. The summed E-state index contributed by atoms with van der Waals surface area (Å²) in [5.41, 5.74) is 0.512. The monoisotopic (exact) mass is 372 g/mol. The molecule has 2 amide bonds. The van der Waals surface area contributed by atoms with Crippen LogP contribution >= 0.6 is 0 Å². The lowest BCUT2D eigenvalue weighted by atomic mass is 10.0. The first kappa shape index (κ1) is 20.4. The fourth-order valence-electron chi connectivity index (χ4n) is 2.51. The van der Waals surface area contributed by atoms with E-state index in [2.05, 4.69) is 5.32 Å². The Kier molecular flexibility index (Phi) is 7.34. The molecule has 2 aromatic rings. The highest BCUT2D eigenvalue weighted by Crippen LogP contribution is 2.11. The first-order valence-corrected chi connectivity index (χ1v) is 8.87. The van der Waals surface area contributed by atoms with Crippen molar-refractivity contribution in [3.05, 3.63) is 66.0 Å². The third kappa shape index (κ3) is 6.09. The zero-order chi connectivity index (χ0) is 19.8. The summed E-state index contributed by atoms with van der Waals surface area (Å²) in [5, 5.41) is 2.82. The second-order valence-corrected chi connectivity index (χ2v) is 6.62. The Bertz CT molecular complexity index is 748. The molecule has 0 aliphatic carbocycles. The third-order valence-corrected chi connectivity index (χ3v) is 4.14. The van der Waals surface area contributed by atoms with E-state index in [4.69, 9.17) is 4.74 Å². The molecule has 2 aromatic carbocycles. The minimum absolute atomic E-state index is 0.0642. The van der Waals surface area contributed by atoms with Gasteiger partial charge in [-0.15, -0.1) is 0 Å². The topological polar surface area (TPSA) is 58.6 Å². The number of ether oxygens (including phenoxy) is 1. The van der Waals surface area contributed by atoms with E-state index in [0.29, 0.717) is 17.9 Å². The quantitative estimate of drug-likeness (QED) is 0.775. The number of amides is 2. The Morgan fingerprint density at radius 2 is 1.70 bits per heavy atom. The van der Waals surface area contributed by atoms with Gasteiger partial charge in [0.05, 0.1) is 6.54 Å². The highest BCUT2D eigenvalue weighted by Gasteiger charge is 2.27. The molecule has 0 saturated heterocycles. The molecule has 0 spiro atoms. The van der Waals surface area contributed by atoms with E-state index < -0.39 is 6.04 Å². The molecule has 0 aromatic heterocycles. The number of rotatable bonds is 8. The van der Waals surface area contributed by atoms with E-state index in [1.165, 1.54) is 29.2 Å². The van der Waals surface area contributed by atoms with Crippen LogP contribution in [0, 0.1) is 11.7 Å². The summed E-state index contributed by atoms with van der Waals surface area (Å²) in [6, 6.07) is 13.9. The molecule has 1 atom stereocenters. The molecule has 5 nitrogen and oxygen atoms in total. The van der Waals surface area contributed by atoms with Crippen molar-refractivity contribution in [2.24, 2.45) is 5.92 Å². The van der Waals surface area contributed by atoms with Crippen molar-refractivity contribution < 1.29 is 18.7 Å². The fraction of sp³-hybridized carbons (Fsp3) is 0.333. The predicted octanol–water partition coefficient (Wildman–Crippen LogP) is 3.12. The molecule has 144 valence electrons. The molecule has 0 heterocycles. The lowest BCUT2D eigenvalue weighted by Crippen LogP contribution is -2.50. The Morgan fingerprint density at radius 3 is 2.30 bits per heavy atom. The van der Waals surface area contributed by atoms with Crippen molar-refractivity contribution in [1.82, 2.24) is 10.2 Å². The van der Waals surface area contributed by atoms with Gasteiger partial charge in [0, 0.05) is 12.6 Å². The van der Waals surface area contributed by atoms with Crippen LogP contribution in [0.1, 0.15) is 24.2 Å². The molecule has 0 saturated carbocycles. The van der Waals surface area contributed by atoms with Crippen molar-refractivity contribution in [3.8, 4) is 5.75 Å². The number of hydrogen-bond donors (Lipinski definition) is 1. The van der Waals surface area contributed by atoms with Gasteiger partial charge in [-0.1, -0.05) is 32.0 Å². The van der Waals surface area contributed by atoms with Crippen molar-refractivity contribution in [2.75, 3.05) is 20.2 Å². The molecular weight excluding hydrogens is 347 g/mol. The number of likely N-dealkylation sites (N-methyl/N-ethyl adjacent to an activating group) is 1. The SMILES string of the molecule is CC(C)[C@H](NC(=O)c1ccccc1)C(=O)N(C)CCOc1ccc(F)cc1. The summed E-state index contributed by atoms with van der Waals surface area (Å²) >= 11 is 0. The Balaban J connectivity index is 1.90. The molecule has 0 radical (unpaired) electrons. The average Bonchev–Trinajstić information content (AvgIpc) is 2.67. The van der Waals surface area contributed by atoms with Crippen LogP contribution in [0.15, 0.2) is 54.6 Å². The molecule has 0 aliphatic rings. The standard InChI is InChI=1S/C21H25FN2O3/c1-15(2)19(23-20(25)16-7-5-4-6-8-16)21(26)24(3)13-14-27-18-11-9-17(22)10-12-18/h4-12,15,19H,13-14H2,1-3H3,(H,23,25)/t19-/m0/s1. The van der Waals surface area contributed by atoms with E-state index in [1.54, 1.807) is 31.3 Å². The fourth-order valence-corrected chi connectivity index (χ4v) is 2.51. The van der Waals surface area contributed by atoms with Crippen molar-refractivity contribution in [1.29, 1.82) is 0 Å². The maximum Gasteiger partial charge on any atom is 0.251 e. The molecule has 0 aliphatic heterocycles. The zero-order valence-corrected chi connectivity index (χ0v) is 15.8. The summed E-state index contributed by atoms with van der Waals surface area (Å²) in [6.45, 7) is 4.39. The highest BCUT2D eigenvalue weighted by atomic mass is 19.1. The molecule has 6 heteroatoms. The van der Waals surface area contributed by atoms with Gasteiger partial charge in [0.2, 0.25) is 5.91 Å². The van der Waals surface area contributed by atoms with Crippen molar-refractivity contribution >= 4 is 11.8 Å². The number of carbonyl (C=O) groups excluding carboxylic acids is 2. The zero-order valence-electron chi connectivity index (χ0n) is 15.8. The smallest absolute Gasteiger partial charge is 0.251 e. The van der Waals surface area contributed by atoms with Crippen molar-refractivity contribution in [3.63, 3.8) is 0 Å². The van der Waals surface area contributed by atoms with E-state index in [0.717, 1.165) is 0 Å². The number of nitrogens with one attached hydrogen (secondary N) is 1. The van der Waals surface area contributed by atoms with Gasteiger partial charge in [-0.05, 0) is 42.3 Å². The van der Waals surface area contributed by atoms with Crippen LogP contribution in [0.2, 0.25) is 0 Å². The van der Waals surface area contributed by atoms with Crippen LogP contribution in [0.3, 0.4) is 0 Å². The van der Waals surface area contributed by atoms with Crippen LogP contribution < -0.4 is 10.1 Å². The molecule has 2 rings (SSSR count). The van der Waals surface area contributed by atoms with Gasteiger partial charge < -0.3 is 15.0 Å². The molecule has 27 heavy (non-hydrogen) atoms. The Morgan fingerprint density at radius 1 is 1.07 bits per heavy atom. The maximum atomic E-state index is 12.9. The van der Waals surface area contributed by atoms with Gasteiger partial charge in [-0.25, -0.2) is 4.39 Å². The minimum atomic E-state index is -0.631. The van der Waals surface area contributed by atoms with E-state index >= 15 is 0 Å². The van der Waals surface area contributed by atoms with Gasteiger partial charge in [-0.3, -0.25) is 9.59 Å². The van der Waals surface area contributed by atoms with Crippen LogP contribution in [0.25, 0.3) is 0 Å². The van der Waals surface area contributed by atoms with Gasteiger partial charge >= 0.3 is 0 Å². The summed E-state index contributed by atoms with van der Waals surface area (Å²) in [6.07, 6.45) is 0. The second-order valence-electron chi connectivity index (χ2n) is 6.62. The van der Waals surface area contributed by atoms with E-state index in [1.807, 2.05) is 19.9 Å². The van der Waals surface area contributed by atoms with Crippen LogP contribution in [-0.2, 0) is 4.79 Å². The highest BCUT2D eigenvalue weighted by molar-refractivity contribution is 5.97. The van der Waals surface area contributed by atoms with Gasteiger partial charge in [0.15, 0.2) is 0 Å². The largest absolute Gasteiger partial charge is 0.492 e. The number of halogens is 1. The maximum absolute atomic E-state index is 12.9. The lowest BCUT2D eigenvalue weighted by molar-refractivity contribution is -0.133. The summed E-state index contributed by atoms with van der Waals surface area (Å²) in [7, 11) is 1.67. The minimum Gasteiger partial charge on any atom is -0.492 e. The summed E-state index contributed by atoms with van der Waals surface area (Å²) < 4.78 is 18.4. The van der Waals surface area contributed by atoms with Crippen LogP contribution in [-0.4, -0.2) is 43.0 Å². The number of hydrogen-bond acceptors (Lipinski definition) is 3. The summed E-state index contributed by atoms with van der Waals surface area (Å²) in [5.74, 6) is -0.320. The molecular formula is C21H25FN2O3. The van der Waals surface area contributed by atoms with Crippen molar-refractivity contribution in [2.45, 2.75) is 19.9 Å². The third-order valence-electron chi connectivity index (χ3n) is 4.14. The number of carbonyl (C=O) groups is 2. The molecule has 0 unspecified atom stereocenters. The predicted molar refractivity (Wildman–Crippen MR) is 102 cm³/mol. The van der Waals surface area contributed by atoms with Crippen LogP contribution in [0.5, 0.6) is 5.75 Å². The summed E-state index contributed by atoms with van der Waals surface area (Å²) in [4.78, 5) is 26.6. The molecule has 1 N–H and O–H groups in total. The van der Waals surface area contributed by atoms with Gasteiger partial charge in [0.1, 0.15) is 24.2 Å². The lowest BCUT2D eigenvalue weighted by Gasteiger charge is -2.27. The first-order chi connectivity index (χ1) is 12.9. The van der Waals surface area contributed by atoms with Crippen LogP contribution in [0.4, 0.5) is 4.39 Å². The van der Waals surface area contributed by atoms with Gasteiger partial charge in [0.25, 0.3) is 5.91 Å². The first-order valence-electron chi connectivity index (χ1n) is 8.87. The Hall–Kier alpha value is -2.89. The number of nitrogens with zero attached hydrogens (tertiary/aromatic N) is 1. The van der Waals surface area contributed by atoms with Gasteiger partial charge in [-0.2, -0.15) is 0 Å². The molecule has 0 bridgehead atoms. The Labute approximate surface area is 159 Å².